The first-order valence-electron chi connectivity index (χ1n) is 6.04. The molecule has 0 saturated carbocycles. The van der Waals surface area contributed by atoms with Crippen molar-refractivity contribution in [3.8, 4) is 0 Å². The van der Waals surface area contributed by atoms with E-state index in [0.717, 1.165) is 31.7 Å². The van der Waals surface area contributed by atoms with Crippen molar-refractivity contribution < 1.29 is 9.50 Å². The smallest absolute Gasteiger partial charge is 0.128 e. The topological polar surface area (TPSA) is 35.5 Å². The zero-order valence-electron chi connectivity index (χ0n) is 10.5. The maximum atomic E-state index is 13.8. The minimum atomic E-state index is -0.229. The number of aliphatic hydroxyl groups excluding tert-OH is 1. The van der Waals surface area contributed by atoms with Crippen molar-refractivity contribution in [2.75, 3.05) is 32.8 Å². The highest BCUT2D eigenvalue weighted by molar-refractivity contribution is 5.85. The number of halogens is 2. The summed E-state index contributed by atoms with van der Waals surface area (Å²) < 4.78 is 13.8. The summed E-state index contributed by atoms with van der Waals surface area (Å²) in [5.74, 6) is -0.229. The Labute approximate surface area is 113 Å². The number of hydrogen-bond acceptors (Lipinski definition) is 3. The van der Waals surface area contributed by atoms with Crippen LogP contribution in [0.5, 0.6) is 0 Å². The average Bonchev–Trinajstić information content (AvgIpc) is 2.36. The van der Waals surface area contributed by atoms with Crippen LogP contribution in [-0.4, -0.2) is 42.8 Å². The van der Waals surface area contributed by atoms with Gasteiger partial charge in [-0.3, -0.25) is 4.90 Å². The third-order valence-corrected chi connectivity index (χ3v) is 3.28. The van der Waals surface area contributed by atoms with Gasteiger partial charge in [0.2, 0.25) is 0 Å². The van der Waals surface area contributed by atoms with Gasteiger partial charge in [0, 0.05) is 31.7 Å². The number of nitrogens with one attached hydrogen (secondary N) is 1. The van der Waals surface area contributed by atoms with Crippen LogP contribution in [0.4, 0.5) is 4.39 Å². The lowest BCUT2D eigenvalue weighted by Gasteiger charge is -2.34. The predicted octanol–water partition coefficient (Wildman–Crippen LogP) is 1.49. The van der Waals surface area contributed by atoms with Gasteiger partial charge >= 0.3 is 0 Å². The summed E-state index contributed by atoms with van der Waals surface area (Å²) in [5.41, 5.74) is 1.63. The van der Waals surface area contributed by atoms with Crippen molar-refractivity contribution in [2.45, 2.75) is 13.0 Å². The lowest BCUT2D eigenvalue weighted by atomic mass is 10.0. The molecule has 0 bridgehead atoms. The third kappa shape index (κ3) is 3.42. The van der Waals surface area contributed by atoms with E-state index in [1.165, 1.54) is 6.07 Å². The summed E-state index contributed by atoms with van der Waals surface area (Å²) >= 11 is 0. The molecule has 102 valence electrons. The molecule has 2 N–H and O–H groups in total. The normalized spacial score (nSPS) is 18.2. The van der Waals surface area contributed by atoms with Gasteiger partial charge in [-0.1, -0.05) is 17.7 Å². The maximum Gasteiger partial charge on any atom is 0.128 e. The van der Waals surface area contributed by atoms with Crippen LogP contribution in [0.1, 0.15) is 17.2 Å². The molecule has 1 aliphatic rings. The summed E-state index contributed by atoms with van der Waals surface area (Å²) in [6.45, 7) is 5.38. The second kappa shape index (κ2) is 7.04. The number of nitrogens with zero attached hydrogens (tertiary/aromatic N) is 1. The van der Waals surface area contributed by atoms with Crippen LogP contribution in [0.15, 0.2) is 18.2 Å². The Morgan fingerprint density at radius 2 is 2.06 bits per heavy atom. The minimum absolute atomic E-state index is 0. The molecular weight excluding hydrogens is 255 g/mol. The first-order valence-corrected chi connectivity index (χ1v) is 6.04. The van der Waals surface area contributed by atoms with Gasteiger partial charge in [-0.15, -0.1) is 12.4 Å². The number of aryl methyl sites for hydroxylation is 1. The first-order chi connectivity index (χ1) is 8.22. The molecule has 2 rings (SSSR count). The molecule has 1 aromatic rings. The van der Waals surface area contributed by atoms with E-state index in [1.54, 1.807) is 6.07 Å². The van der Waals surface area contributed by atoms with Crippen molar-refractivity contribution in [1.29, 1.82) is 0 Å². The van der Waals surface area contributed by atoms with Crippen LogP contribution in [0.3, 0.4) is 0 Å². The molecule has 1 heterocycles. The Morgan fingerprint density at radius 3 is 2.67 bits per heavy atom. The molecule has 1 aliphatic heterocycles. The van der Waals surface area contributed by atoms with Gasteiger partial charge in [0.05, 0.1) is 12.6 Å². The van der Waals surface area contributed by atoms with Gasteiger partial charge in [0.15, 0.2) is 0 Å². The van der Waals surface area contributed by atoms with Crippen LogP contribution < -0.4 is 5.32 Å². The molecule has 1 fully saturated rings. The van der Waals surface area contributed by atoms with E-state index in [-0.39, 0.29) is 30.9 Å². The third-order valence-electron chi connectivity index (χ3n) is 3.28. The fourth-order valence-electron chi connectivity index (χ4n) is 2.32. The number of rotatable bonds is 3. The highest BCUT2D eigenvalue weighted by atomic mass is 35.5. The zero-order valence-corrected chi connectivity index (χ0v) is 11.3. The zero-order chi connectivity index (χ0) is 12.3. The molecule has 5 heteroatoms. The molecular formula is C13H20ClFN2O. The quantitative estimate of drug-likeness (QED) is 0.877. The molecule has 0 aliphatic carbocycles. The highest BCUT2D eigenvalue weighted by Crippen LogP contribution is 2.24. The van der Waals surface area contributed by atoms with Gasteiger partial charge in [-0.25, -0.2) is 4.39 Å². The fourth-order valence-corrected chi connectivity index (χ4v) is 2.32. The summed E-state index contributed by atoms with van der Waals surface area (Å²) in [4.78, 5) is 2.13. The van der Waals surface area contributed by atoms with E-state index in [1.807, 2.05) is 13.0 Å². The molecule has 1 atom stereocenters. The molecule has 0 radical (unpaired) electrons. The van der Waals surface area contributed by atoms with Crippen LogP contribution in [-0.2, 0) is 0 Å². The van der Waals surface area contributed by atoms with Crippen LogP contribution >= 0.6 is 12.4 Å². The Balaban J connectivity index is 0.00000162. The summed E-state index contributed by atoms with van der Waals surface area (Å²) in [6, 6.07) is 4.84. The largest absolute Gasteiger partial charge is 0.394 e. The molecule has 0 spiro atoms. The van der Waals surface area contributed by atoms with Gasteiger partial charge in [-0.2, -0.15) is 0 Å². The Kier molecular flexibility index (Phi) is 6.02. The highest BCUT2D eigenvalue weighted by Gasteiger charge is 2.23. The van der Waals surface area contributed by atoms with Crippen molar-refractivity contribution in [3.05, 3.63) is 35.1 Å². The lowest BCUT2D eigenvalue weighted by molar-refractivity contribution is 0.108. The Bertz CT molecular complexity index is 383. The summed E-state index contributed by atoms with van der Waals surface area (Å²) in [7, 11) is 0. The lowest BCUT2D eigenvalue weighted by Crippen LogP contribution is -2.46. The van der Waals surface area contributed by atoms with E-state index in [0.29, 0.717) is 5.56 Å². The average molecular weight is 275 g/mol. The minimum Gasteiger partial charge on any atom is -0.394 e. The Hall–Kier alpha value is -0.680. The maximum absolute atomic E-state index is 13.8. The molecule has 0 unspecified atom stereocenters. The standard InChI is InChI=1S/C13H19FN2O.ClH/c1-10-2-3-12(14)11(8-10)13(9-17)16-6-4-15-5-7-16;/h2-3,8,13,15,17H,4-7,9H2,1H3;1H/t13-;/m0./s1. The fraction of sp³-hybridized carbons (Fsp3) is 0.538. The van der Waals surface area contributed by atoms with E-state index in [2.05, 4.69) is 10.2 Å². The van der Waals surface area contributed by atoms with Gasteiger partial charge in [0.25, 0.3) is 0 Å². The second-order valence-corrected chi connectivity index (χ2v) is 4.51. The van der Waals surface area contributed by atoms with E-state index in [9.17, 15) is 9.50 Å². The number of benzene rings is 1. The Morgan fingerprint density at radius 1 is 1.39 bits per heavy atom. The van der Waals surface area contributed by atoms with Crippen molar-refractivity contribution in [1.82, 2.24) is 10.2 Å². The number of hydrogen-bond donors (Lipinski definition) is 2. The molecule has 3 nitrogen and oxygen atoms in total. The number of aliphatic hydroxyl groups is 1. The van der Waals surface area contributed by atoms with Gasteiger partial charge in [-0.05, 0) is 13.0 Å². The predicted molar refractivity (Wildman–Crippen MR) is 72.7 cm³/mol. The molecule has 1 saturated heterocycles. The molecule has 0 amide bonds. The van der Waals surface area contributed by atoms with Gasteiger partial charge in [0.1, 0.15) is 5.82 Å². The number of piperazine rings is 1. The van der Waals surface area contributed by atoms with E-state index in [4.69, 9.17) is 0 Å². The summed E-state index contributed by atoms with van der Waals surface area (Å²) in [5, 5.41) is 12.8. The SMILES string of the molecule is Cc1ccc(F)c([C@H](CO)N2CCNCC2)c1.Cl. The van der Waals surface area contributed by atoms with Crippen molar-refractivity contribution >= 4 is 12.4 Å². The van der Waals surface area contributed by atoms with Crippen molar-refractivity contribution in [2.24, 2.45) is 0 Å². The molecule has 0 aromatic heterocycles. The van der Waals surface area contributed by atoms with E-state index < -0.39 is 0 Å². The van der Waals surface area contributed by atoms with Crippen LogP contribution in [0.25, 0.3) is 0 Å². The first kappa shape index (κ1) is 15.4. The van der Waals surface area contributed by atoms with Crippen LogP contribution in [0, 0.1) is 12.7 Å². The van der Waals surface area contributed by atoms with Crippen molar-refractivity contribution in [3.63, 3.8) is 0 Å². The van der Waals surface area contributed by atoms with Crippen LogP contribution in [0.2, 0.25) is 0 Å². The second-order valence-electron chi connectivity index (χ2n) is 4.51. The monoisotopic (exact) mass is 274 g/mol. The summed E-state index contributed by atoms with van der Waals surface area (Å²) in [6.07, 6.45) is 0. The molecule has 1 aromatic carbocycles. The van der Waals surface area contributed by atoms with E-state index >= 15 is 0 Å². The van der Waals surface area contributed by atoms with Gasteiger partial charge < -0.3 is 10.4 Å². The molecule has 18 heavy (non-hydrogen) atoms.